The van der Waals surface area contributed by atoms with Crippen molar-refractivity contribution < 1.29 is 22.0 Å². The van der Waals surface area contributed by atoms with E-state index in [1.807, 2.05) is 0 Å². The third-order valence-corrected chi connectivity index (χ3v) is 3.82. The summed E-state index contributed by atoms with van der Waals surface area (Å²) in [5, 5.41) is -0.427. The normalized spacial score (nSPS) is 11.8. The van der Waals surface area contributed by atoms with E-state index < -0.39 is 29.2 Å². The number of nitrogens with zero attached hydrogens (tertiary/aromatic N) is 1. The van der Waals surface area contributed by atoms with Gasteiger partial charge in [-0.25, -0.2) is 9.37 Å². The summed E-state index contributed by atoms with van der Waals surface area (Å²) in [7, 11) is 0. The van der Waals surface area contributed by atoms with Crippen LogP contribution in [-0.4, -0.2) is 4.98 Å². The molecule has 9 heteroatoms. The summed E-state index contributed by atoms with van der Waals surface area (Å²) in [6.45, 7) is 0. The van der Waals surface area contributed by atoms with Crippen molar-refractivity contribution in [2.45, 2.75) is 6.18 Å². The summed E-state index contributed by atoms with van der Waals surface area (Å²) in [6, 6.07) is 2.42. The molecule has 0 unspecified atom stereocenters. The highest BCUT2D eigenvalue weighted by molar-refractivity contribution is 6.49. The number of hydrogen-bond donors (Lipinski definition) is 0. The zero-order valence-corrected chi connectivity index (χ0v) is 12.0. The van der Waals surface area contributed by atoms with Gasteiger partial charge in [-0.05, 0) is 6.07 Å². The number of halogens is 8. The minimum atomic E-state index is -4.97. The highest BCUT2D eigenvalue weighted by atomic mass is 35.5. The fourth-order valence-corrected chi connectivity index (χ4v) is 2.22. The first-order valence-electron chi connectivity index (χ1n) is 5.20. The molecular formula is C12H3Cl3F5N. The van der Waals surface area contributed by atoms with E-state index in [0.29, 0.717) is 0 Å². The zero-order chi connectivity index (χ0) is 15.9. The van der Waals surface area contributed by atoms with E-state index in [1.165, 1.54) is 6.07 Å². The highest BCUT2D eigenvalue weighted by Gasteiger charge is 2.35. The lowest BCUT2D eigenvalue weighted by Crippen LogP contribution is -2.11. The van der Waals surface area contributed by atoms with Gasteiger partial charge in [0.2, 0.25) is 5.95 Å². The molecule has 0 atom stereocenters. The van der Waals surface area contributed by atoms with Crippen molar-refractivity contribution >= 4 is 34.8 Å². The largest absolute Gasteiger partial charge is 0.433 e. The Labute approximate surface area is 130 Å². The molecule has 2 rings (SSSR count). The molecule has 0 N–H and O–H groups in total. The summed E-state index contributed by atoms with van der Waals surface area (Å²) >= 11 is 17.2. The van der Waals surface area contributed by atoms with Gasteiger partial charge in [0.25, 0.3) is 0 Å². The second kappa shape index (κ2) is 5.59. The smallest absolute Gasteiger partial charge is 0.214 e. The van der Waals surface area contributed by atoms with Gasteiger partial charge in [-0.15, -0.1) is 0 Å². The van der Waals surface area contributed by atoms with Crippen LogP contribution in [0.25, 0.3) is 11.1 Å². The summed E-state index contributed by atoms with van der Waals surface area (Å²) in [4.78, 5) is 2.71. The van der Waals surface area contributed by atoms with Crippen LogP contribution >= 0.6 is 34.8 Å². The molecule has 0 aliphatic heterocycles. The van der Waals surface area contributed by atoms with Crippen molar-refractivity contribution in [3.8, 4) is 11.1 Å². The summed E-state index contributed by atoms with van der Waals surface area (Å²) in [5.41, 5.74) is -2.74. The fourth-order valence-electron chi connectivity index (χ4n) is 1.59. The lowest BCUT2D eigenvalue weighted by Gasteiger charge is -2.12. The Morgan fingerprint density at radius 3 is 2.10 bits per heavy atom. The molecule has 0 fully saturated rings. The molecule has 1 aromatic heterocycles. The van der Waals surface area contributed by atoms with Crippen LogP contribution < -0.4 is 0 Å². The number of benzene rings is 1. The van der Waals surface area contributed by atoms with E-state index in [1.54, 1.807) is 0 Å². The van der Waals surface area contributed by atoms with E-state index in [0.717, 1.165) is 6.07 Å². The van der Waals surface area contributed by atoms with Gasteiger partial charge < -0.3 is 0 Å². The number of aromatic nitrogens is 1. The molecule has 0 saturated heterocycles. The van der Waals surface area contributed by atoms with Crippen LogP contribution in [0, 0.1) is 11.8 Å². The second-order valence-corrected chi connectivity index (χ2v) is 5.04. The SMILES string of the molecule is Fc1cc(C(F)(F)F)nc(F)c1-c1ccc(Cl)c(Cl)c1Cl. The minimum Gasteiger partial charge on any atom is -0.214 e. The van der Waals surface area contributed by atoms with Crippen LogP contribution in [0.5, 0.6) is 0 Å². The van der Waals surface area contributed by atoms with Crippen LogP contribution in [0.1, 0.15) is 5.69 Å². The van der Waals surface area contributed by atoms with E-state index in [4.69, 9.17) is 34.8 Å². The van der Waals surface area contributed by atoms with E-state index in [2.05, 4.69) is 4.98 Å². The van der Waals surface area contributed by atoms with Crippen LogP contribution in [-0.2, 0) is 6.18 Å². The molecule has 112 valence electrons. The Hall–Kier alpha value is -1.11. The topological polar surface area (TPSA) is 12.9 Å². The van der Waals surface area contributed by atoms with E-state index >= 15 is 0 Å². The number of pyridine rings is 1. The van der Waals surface area contributed by atoms with Gasteiger partial charge in [-0.3, -0.25) is 0 Å². The summed E-state index contributed by atoms with van der Waals surface area (Å²) in [5.74, 6) is -3.11. The third-order valence-electron chi connectivity index (χ3n) is 2.52. The first kappa shape index (κ1) is 16.3. The molecule has 0 radical (unpaired) electrons. The predicted octanol–water partition coefficient (Wildman–Crippen LogP) is 6.01. The van der Waals surface area contributed by atoms with E-state index in [-0.39, 0.29) is 26.7 Å². The number of hydrogen-bond acceptors (Lipinski definition) is 1. The lowest BCUT2D eigenvalue weighted by atomic mass is 10.1. The molecule has 0 saturated carbocycles. The van der Waals surface area contributed by atoms with Crippen molar-refractivity contribution in [2.75, 3.05) is 0 Å². The molecule has 1 aromatic carbocycles. The molecule has 0 amide bonds. The van der Waals surface area contributed by atoms with Crippen LogP contribution in [0.2, 0.25) is 15.1 Å². The molecule has 0 spiro atoms. The maximum atomic E-state index is 13.8. The van der Waals surface area contributed by atoms with Gasteiger partial charge in [0.05, 0.1) is 20.6 Å². The Morgan fingerprint density at radius 2 is 1.57 bits per heavy atom. The monoisotopic (exact) mass is 361 g/mol. The fraction of sp³-hybridized carbons (Fsp3) is 0.0833. The van der Waals surface area contributed by atoms with Crippen molar-refractivity contribution in [3.63, 3.8) is 0 Å². The number of alkyl halides is 3. The Morgan fingerprint density at radius 1 is 0.952 bits per heavy atom. The Bertz CT molecular complexity index is 692. The minimum absolute atomic E-state index is 0.0334. The summed E-state index contributed by atoms with van der Waals surface area (Å²) < 4.78 is 64.8. The van der Waals surface area contributed by atoms with E-state index in [9.17, 15) is 22.0 Å². The highest BCUT2D eigenvalue weighted by Crippen LogP contribution is 2.40. The predicted molar refractivity (Wildman–Crippen MR) is 69.6 cm³/mol. The van der Waals surface area contributed by atoms with Crippen molar-refractivity contribution in [1.82, 2.24) is 4.98 Å². The molecule has 1 heterocycles. The van der Waals surface area contributed by atoms with Gasteiger partial charge in [-0.2, -0.15) is 17.6 Å². The Kier molecular flexibility index (Phi) is 4.33. The molecule has 0 aliphatic carbocycles. The van der Waals surface area contributed by atoms with Gasteiger partial charge in [0.1, 0.15) is 5.82 Å². The van der Waals surface area contributed by atoms with Crippen LogP contribution in [0.4, 0.5) is 22.0 Å². The first-order valence-corrected chi connectivity index (χ1v) is 6.33. The van der Waals surface area contributed by atoms with Crippen molar-refractivity contribution in [2.24, 2.45) is 0 Å². The zero-order valence-electron chi connectivity index (χ0n) is 9.70. The maximum absolute atomic E-state index is 13.8. The molecular weight excluding hydrogens is 359 g/mol. The van der Waals surface area contributed by atoms with Gasteiger partial charge in [-0.1, -0.05) is 40.9 Å². The van der Waals surface area contributed by atoms with Gasteiger partial charge in [0, 0.05) is 11.6 Å². The molecule has 21 heavy (non-hydrogen) atoms. The van der Waals surface area contributed by atoms with Crippen LogP contribution in [0.3, 0.4) is 0 Å². The molecule has 1 nitrogen and oxygen atoms in total. The Balaban J connectivity index is 2.69. The molecule has 0 aliphatic rings. The average molecular weight is 363 g/mol. The maximum Gasteiger partial charge on any atom is 0.433 e. The lowest BCUT2D eigenvalue weighted by molar-refractivity contribution is -0.141. The van der Waals surface area contributed by atoms with Crippen LogP contribution in [0.15, 0.2) is 18.2 Å². The quantitative estimate of drug-likeness (QED) is 0.344. The summed E-state index contributed by atoms with van der Waals surface area (Å²) in [6.07, 6.45) is -4.97. The second-order valence-electron chi connectivity index (χ2n) is 3.88. The standard InChI is InChI=1S/C12H3Cl3F5N/c13-5-2-1-4(9(14)10(5)15)8-6(16)3-7(12(18,19)20)21-11(8)17/h1-3H. The molecule has 0 bridgehead atoms. The first-order chi connectivity index (χ1) is 9.62. The average Bonchev–Trinajstić information content (AvgIpc) is 2.36. The van der Waals surface area contributed by atoms with Crippen molar-refractivity contribution in [1.29, 1.82) is 0 Å². The van der Waals surface area contributed by atoms with Gasteiger partial charge >= 0.3 is 6.18 Å². The van der Waals surface area contributed by atoms with Gasteiger partial charge in [0.15, 0.2) is 5.69 Å². The molecule has 2 aromatic rings. The third kappa shape index (κ3) is 3.07. The number of rotatable bonds is 1. The van der Waals surface area contributed by atoms with Crippen molar-refractivity contribution in [3.05, 3.63) is 50.7 Å².